The minimum absolute atomic E-state index is 0.0640. The van der Waals surface area contributed by atoms with Crippen LogP contribution in [0.15, 0.2) is 18.2 Å². The van der Waals surface area contributed by atoms with Gasteiger partial charge in [0.1, 0.15) is 5.75 Å². The minimum Gasteiger partial charge on any atom is -0.489 e. The molecule has 4 heteroatoms. The summed E-state index contributed by atoms with van der Waals surface area (Å²) in [5.41, 5.74) is 0.671. The van der Waals surface area contributed by atoms with E-state index >= 15 is 0 Å². The Morgan fingerprint density at radius 1 is 1.53 bits per heavy atom. The Balaban J connectivity index is 2.17. The van der Waals surface area contributed by atoms with Crippen molar-refractivity contribution in [3.8, 4) is 5.75 Å². The summed E-state index contributed by atoms with van der Waals surface area (Å²) in [4.78, 5) is 11.4. The Kier molecular flexibility index (Phi) is 3.14. The van der Waals surface area contributed by atoms with Crippen LogP contribution in [0.25, 0.3) is 0 Å². The van der Waals surface area contributed by atoms with Gasteiger partial charge in [-0.25, -0.2) is 0 Å². The maximum atomic E-state index is 11.4. The van der Waals surface area contributed by atoms with Crippen LogP contribution in [0, 0.1) is 3.57 Å². The van der Waals surface area contributed by atoms with E-state index in [0.29, 0.717) is 11.7 Å². The number of amides is 1. The highest BCUT2D eigenvalue weighted by molar-refractivity contribution is 14.1. The highest BCUT2D eigenvalue weighted by Gasteiger charge is 2.24. The second-order valence-electron chi connectivity index (χ2n) is 3.54. The molecule has 1 aliphatic carbocycles. The third kappa shape index (κ3) is 2.62. The van der Waals surface area contributed by atoms with Gasteiger partial charge in [0.15, 0.2) is 0 Å². The van der Waals surface area contributed by atoms with Gasteiger partial charge in [0.2, 0.25) is 0 Å². The van der Waals surface area contributed by atoms with Crippen LogP contribution in [0.2, 0.25) is 0 Å². The first-order valence-corrected chi connectivity index (χ1v) is 5.97. The fraction of sp³-hybridized carbons (Fsp3) is 0.364. The molecule has 0 radical (unpaired) electrons. The lowest BCUT2D eigenvalue weighted by atomic mass is 10.2. The SMILES string of the molecule is CNC(=O)c1ccc(OC2CC2)c(I)c1. The summed E-state index contributed by atoms with van der Waals surface area (Å²) in [6.45, 7) is 0. The Bertz CT molecular complexity index is 388. The van der Waals surface area contributed by atoms with Gasteiger partial charge in [0.25, 0.3) is 5.91 Å². The van der Waals surface area contributed by atoms with Gasteiger partial charge in [0, 0.05) is 12.6 Å². The van der Waals surface area contributed by atoms with Crippen molar-refractivity contribution < 1.29 is 9.53 Å². The Morgan fingerprint density at radius 3 is 2.80 bits per heavy atom. The van der Waals surface area contributed by atoms with Crippen molar-refractivity contribution in [2.24, 2.45) is 0 Å². The third-order valence-electron chi connectivity index (χ3n) is 2.24. The van der Waals surface area contributed by atoms with Crippen molar-refractivity contribution in [1.29, 1.82) is 0 Å². The van der Waals surface area contributed by atoms with Gasteiger partial charge in [-0.3, -0.25) is 4.79 Å². The molecule has 1 aliphatic rings. The van der Waals surface area contributed by atoms with Crippen molar-refractivity contribution >= 4 is 28.5 Å². The van der Waals surface area contributed by atoms with Crippen LogP contribution in [0.3, 0.4) is 0 Å². The molecule has 0 atom stereocenters. The molecule has 2 rings (SSSR count). The summed E-state index contributed by atoms with van der Waals surface area (Å²) in [6, 6.07) is 5.50. The van der Waals surface area contributed by atoms with Crippen LogP contribution in [0.4, 0.5) is 0 Å². The van der Waals surface area contributed by atoms with E-state index in [2.05, 4.69) is 27.9 Å². The summed E-state index contributed by atoms with van der Waals surface area (Å²) < 4.78 is 6.67. The smallest absolute Gasteiger partial charge is 0.251 e. The molecule has 0 spiro atoms. The number of hydrogen-bond acceptors (Lipinski definition) is 2. The molecule has 1 saturated carbocycles. The monoisotopic (exact) mass is 317 g/mol. The van der Waals surface area contributed by atoms with Crippen LogP contribution in [0.1, 0.15) is 23.2 Å². The first-order valence-electron chi connectivity index (χ1n) is 4.89. The molecule has 1 amide bonds. The average Bonchev–Trinajstić information content (AvgIpc) is 3.04. The summed E-state index contributed by atoms with van der Waals surface area (Å²) in [7, 11) is 1.63. The van der Waals surface area contributed by atoms with Gasteiger partial charge in [0.05, 0.1) is 9.67 Å². The molecule has 1 fully saturated rings. The van der Waals surface area contributed by atoms with Gasteiger partial charge in [-0.05, 0) is 53.6 Å². The predicted octanol–water partition coefficient (Wildman–Crippen LogP) is 2.19. The number of benzene rings is 1. The molecular formula is C11H12INO2. The van der Waals surface area contributed by atoms with Gasteiger partial charge < -0.3 is 10.1 Å². The molecule has 0 saturated heterocycles. The van der Waals surface area contributed by atoms with Crippen LogP contribution < -0.4 is 10.1 Å². The number of ether oxygens (including phenoxy) is 1. The second-order valence-corrected chi connectivity index (χ2v) is 4.70. The first kappa shape index (κ1) is 10.7. The second kappa shape index (κ2) is 4.38. The molecule has 15 heavy (non-hydrogen) atoms. The van der Waals surface area contributed by atoms with E-state index in [1.165, 1.54) is 0 Å². The Labute approximate surface area is 102 Å². The normalized spacial score (nSPS) is 14.8. The van der Waals surface area contributed by atoms with Crippen molar-refractivity contribution in [1.82, 2.24) is 5.32 Å². The zero-order valence-electron chi connectivity index (χ0n) is 8.42. The van der Waals surface area contributed by atoms with Crippen LogP contribution in [-0.4, -0.2) is 19.1 Å². The molecule has 0 unspecified atom stereocenters. The van der Waals surface area contributed by atoms with Crippen molar-refractivity contribution in [2.45, 2.75) is 18.9 Å². The number of carbonyl (C=O) groups excluding carboxylic acids is 1. The number of carbonyl (C=O) groups is 1. The van der Waals surface area contributed by atoms with Gasteiger partial charge in [-0.2, -0.15) is 0 Å². The Morgan fingerprint density at radius 2 is 2.27 bits per heavy atom. The van der Waals surface area contributed by atoms with E-state index in [0.717, 1.165) is 22.2 Å². The first-order chi connectivity index (χ1) is 7.20. The molecule has 0 aliphatic heterocycles. The van der Waals surface area contributed by atoms with Gasteiger partial charge in [-0.15, -0.1) is 0 Å². The third-order valence-corrected chi connectivity index (χ3v) is 3.08. The lowest BCUT2D eigenvalue weighted by molar-refractivity contribution is 0.0963. The quantitative estimate of drug-likeness (QED) is 0.868. The lowest BCUT2D eigenvalue weighted by Gasteiger charge is -2.08. The van der Waals surface area contributed by atoms with Gasteiger partial charge in [-0.1, -0.05) is 0 Å². The van der Waals surface area contributed by atoms with Crippen LogP contribution >= 0.6 is 22.6 Å². The van der Waals surface area contributed by atoms with Crippen LogP contribution in [-0.2, 0) is 0 Å². The largest absolute Gasteiger partial charge is 0.489 e. The van der Waals surface area contributed by atoms with E-state index in [1.807, 2.05) is 12.1 Å². The topological polar surface area (TPSA) is 38.3 Å². The summed E-state index contributed by atoms with van der Waals surface area (Å²) >= 11 is 2.19. The standard InChI is InChI=1S/C11H12INO2/c1-13-11(14)7-2-5-10(9(12)6-7)15-8-3-4-8/h2,5-6,8H,3-4H2,1H3,(H,13,14). The number of rotatable bonds is 3. The van der Waals surface area contributed by atoms with Crippen molar-refractivity contribution in [3.05, 3.63) is 27.3 Å². The lowest BCUT2D eigenvalue weighted by Crippen LogP contribution is -2.17. The summed E-state index contributed by atoms with van der Waals surface area (Å²) in [6.07, 6.45) is 2.69. The molecule has 0 heterocycles. The minimum atomic E-state index is -0.0640. The maximum absolute atomic E-state index is 11.4. The number of hydrogen-bond donors (Lipinski definition) is 1. The summed E-state index contributed by atoms with van der Waals surface area (Å²) in [5, 5.41) is 2.60. The number of nitrogens with one attached hydrogen (secondary N) is 1. The molecule has 0 bridgehead atoms. The zero-order valence-corrected chi connectivity index (χ0v) is 10.6. The van der Waals surface area contributed by atoms with E-state index in [9.17, 15) is 4.79 Å². The average molecular weight is 317 g/mol. The molecule has 1 N–H and O–H groups in total. The van der Waals surface area contributed by atoms with E-state index < -0.39 is 0 Å². The maximum Gasteiger partial charge on any atom is 0.251 e. The molecule has 1 aromatic rings. The van der Waals surface area contributed by atoms with E-state index in [1.54, 1.807) is 13.1 Å². The fourth-order valence-corrected chi connectivity index (χ4v) is 1.89. The molecule has 0 aromatic heterocycles. The van der Waals surface area contributed by atoms with Crippen molar-refractivity contribution in [3.63, 3.8) is 0 Å². The number of halogens is 1. The highest BCUT2D eigenvalue weighted by Crippen LogP contribution is 2.30. The molecular weight excluding hydrogens is 305 g/mol. The van der Waals surface area contributed by atoms with E-state index in [4.69, 9.17) is 4.74 Å². The van der Waals surface area contributed by atoms with Crippen molar-refractivity contribution in [2.75, 3.05) is 7.05 Å². The molecule has 80 valence electrons. The van der Waals surface area contributed by atoms with Crippen LogP contribution in [0.5, 0.6) is 5.75 Å². The predicted molar refractivity (Wildman–Crippen MR) is 66.2 cm³/mol. The fourth-order valence-electron chi connectivity index (χ4n) is 1.25. The Hall–Kier alpha value is -0.780. The summed E-state index contributed by atoms with van der Waals surface area (Å²) in [5.74, 6) is 0.816. The zero-order chi connectivity index (χ0) is 10.8. The highest BCUT2D eigenvalue weighted by atomic mass is 127. The van der Waals surface area contributed by atoms with Gasteiger partial charge >= 0.3 is 0 Å². The molecule has 3 nitrogen and oxygen atoms in total. The molecule has 1 aromatic carbocycles. The van der Waals surface area contributed by atoms with E-state index in [-0.39, 0.29) is 5.91 Å².